The summed E-state index contributed by atoms with van der Waals surface area (Å²) in [5.74, 6) is -1.01. The summed E-state index contributed by atoms with van der Waals surface area (Å²) >= 11 is 0. The Morgan fingerprint density at radius 2 is 1.86 bits per heavy atom. The van der Waals surface area contributed by atoms with Gasteiger partial charge in [0.2, 0.25) is 0 Å². The number of likely N-dealkylation sites (N-methyl/N-ethyl adjacent to an activating group) is 1. The Kier molecular flexibility index (Phi) is 4.21. The highest BCUT2D eigenvalue weighted by Gasteiger charge is 2.37. The molecule has 1 aliphatic heterocycles. The van der Waals surface area contributed by atoms with Crippen LogP contribution >= 0.6 is 0 Å². The van der Waals surface area contributed by atoms with Crippen molar-refractivity contribution >= 4 is 12.0 Å². The van der Waals surface area contributed by atoms with Crippen molar-refractivity contribution in [3.05, 3.63) is 35.4 Å². The topological polar surface area (TPSA) is 60.9 Å². The maximum absolute atomic E-state index is 12.6. The highest BCUT2D eigenvalue weighted by molar-refractivity contribution is 5.85. The number of hydrogen-bond donors (Lipinski definition) is 1. The summed E-state index contributed by atoms with van der Waals surface area (Å²) in [5, 5.41) is 9.26. The van der Waals surface area contributed by atoms with Gasteiger partial charge in [-0.15, -0.1) is 0 Å². The molecule has 0 fully saturated rings. The van der Waals surface area contributed by atoms with E-state index in [1.54, 1.807) is 25.8 Å². The van der Waals surface area contributed by atoms with Gasteiger partial charge >= 0.3 is 12.0 Å². The van der Waals surface area contributed by atoms with E-state index < -0.39 is 11.5 Å². The zero-order valence-electron chi connectivity index (χ0n) is 12.8. The largest absolute Gasteiger partial charge is 0.480 e. The van der Waals surface area contributed by atoms with Crippen LogP contribution in [0.4, 0.5) is 4.79 Å². The fourth-order valence-electron chi connectivity index (χ4n) is 2.46. The molecule has 0 atom stereocenters. The van der Waals surface area contributed by atoms with Crippen molar-refractivity contribution in [3.63, 3.8) is 0 Å². The third-order valence-corrected chi connectivity index (χ3v) is 4.27. The molecule has 0 saturated carbocycles. The van der Waals surface area contributed by atoms with Gasteiger partial charge in [0.25, 0.3) is 0 Å². The Labute approximate surface area is 125 Å². The van der Waals surface area contributed by atoms with Gasteiger partial charge in [-0.3, -0.25) is 0 Å². The van der Waals surface area contributed by atoms with Crippen molar-refractivity contribution in [2.45, 2.75) is 38.8 Å². The van der Waals surface area contributed by atoms with E-state index in [1.807, 2.05) is 18.2 Å². The number of urea groups is 1. The molecule has 2 rings (SSSR count). The maximum atomic E-state index is 12.6. The second-order valence-electron chi connectivity index (χ2n) is 6.00. The molecule has 5 nitrogen and oxygen atoms in total. The van der Waals surface area contributed by atoms with Gasteiger partial charge in [0.15, 0.2) is 0 Å². The molecule has 0 radical (unpaired) electrons. The van der Waals surface area contributed by atoms with Crippen LogP contribution in [0.5, 0.6) is 0 Å². The number of amides is 2. The second kappa shape index (κ2) is 5.76. The van der Waals surface area contributed by atoms with E-state index >= 15 is 0 Å². The Morgan fingerprint density at radius 3 is 2.48 bits per heavy atom. The normalized spacial score (nSPS) is 15.1. The van der Waals surface area contributed by atoms with Crippen LogP contribution in [0.2, 0.25) is 0 Å². The van der Waals surface area contributed by atoms with Crippen LogP contribution in [0.1, 0.15) is 31.4 Å². The molecule has 0 aliphatic carbocycles. The summed E-state index contributed by atoms with van der Waals surface area (Å²) in [5.41, 5.74) is 1.20. The lowest BCUT2D eigenvalue weighted by Gasteiger charge is -2.35. The van der Waals surface area contributed by atoms with Crippen LogP contribution in [0.3, 0.4) is 0 Å². The lowest BCUT2D eigenvalue weighted by Crippen LogP contribution is -2.55. The molecule has 0 saturated heterocycles. The van der Waals surface area contributed by atoms with E-state index in [0.29, 0.717) is 13.1 Å². The lowest BCUT2D eigenvalue weighted by atomic mass is 10.0. The van der Waals surface area contributed by atoms with Crippen molar-refractivity contribution in [1.29, 1.82) is 0 Å². The predicted molar refractivity (Wildman–Crippen MR) is 80.0 cm³/mol. The van der Waals surface area contributed by atoms with Gasteiger partial charge in [-0.25, -0.2) is 9.59 Å². The molecule has 114 valence electrons. The first-order valence-corrected chi connectivity index (χ1v) is 7.17. The van der Waals surface area contributed by atoms with E-state index in [1.165, 1.54) is 10.5 Å². The number of nitrogens with zero attached hydrogens (tertiary/aromatic N) is 2. The average Bonchev–Trinajstić information content (AvgIpc) is 2.67. The Bertz CT molecular complexity index is 554. The zero-order chi connectivity index (χ0) is 15.6. The fraction of sp³-hybridized carbons (Fsp3) is 0.500. The van der Waals surface area contributed by atoms with Crippen LogP contribution in [-0.4, -0.2) is 46.0 Å². The third-order valence-electron chi connectivity index (χ3n) is 4.27. The summed E-state index contributed by atoms with van der Waals surface area (Å²) in [7, 11) is 1.55. The van der Waals surface area contributed by atoms with E-state index in [4.69, 9.17) is 0 Å². The van der Waals surface area contributed by atoms with Crippen molar-refractivity contribution in [3.8, 4) is 0 Å². The van der Waals surface area contributed by atoms with Crippen LogP contribution in [0, 0.1) is 0 Å². The van der Waals surface area contributed by atoms with Gasteiger partial charge in [-0.2, -0.15) is 0 Å². The molecule has 1 N–H and O–H groups in total. The van der Waals surface area contributed by atoms with E-state index in [-0.39, 0.29) is 6.03 Å². The molecule has 0 bridgehead atoms. The number of aryl methyl sites for hydroxylation is 1. The van der Waals surface area contributed by atoms with Gasteiger partial charge < -0.3 is 14.9 Å². The number of fused-ring (bicyclic) bond motifs is 1. The smallest absolute Gasteiger partial charge is 0.329 e. The molecule has 1 heterocycles. The summed E-state index contributed by atoms with van der Waals surface area (Å²) in [4.78, 5) is 26.9. The molecule has 0 unspecified atom stereocenters. The van der Waals surface area contributed by atoms with Crippen molar-refractivity contribution in [2.24, 2.45) is 0 Å². The Balaban J connectivity index is 2.19. The second-order valence-corrected chi connectivity index (χ2v) is 6.00. The minimum Gasteiger partial charge on any atom is -0.480 e. The lowest BCUT2D eigenvalue weighted by molar-refractivity contribution is -0.147. The number of hydrogen-bond acceptors (Lipinski definition) is 2. The fourth-order valence-corrected chi connectivity index (χ4v) is 2.46. The number of carbonyl (C=O) groups is 2. The van der Waals surface area contributed by atoms with Crippen LogP contribution in [0.15, 0.2) is 24.3 Å². The van der Waals surface area contributed by atoms with E-state index in [0.717, 1.165) is 18.4 Å². The highest BCUT2D eigenvalue weighted by Crippen LogP contribution is 2.21. The minimum absolute atomic E-state index is 0.237. The van der Waals surface area contributed by atoms with Gasteiger partial charge in [-0.05, 0) is 37.8 Å². The molecule has 0 spiro atoms. The van der Waals surface area contributed by atoms with Crippen molar-refractivity contribution in [2.75, 3.05) is 13.6 Å². The van der Waals surface area contributed by atoms with Crippen LogP contribution < -0.4 is 0 Å². The number of aliphatic carboxylic acids is 1. The number of carboxylic acid groups (broad SMARTS) is 1. The first-order valence-electron chi connectivity index (χ1n) is 7.17. The molecule has 1 aromatic carbocycles. The number of carboxylic acids is 1. The number of carbonyl (C=O) groups excluding carboxylic acids is 1. The predicted octanol–water partition coefficient (Wildman–Crippen LogP) is 2.35. The zero-order valence-corrected chi connectivity index (χ0v) is 12.8. The van der Waals surface area contributed by atoms with Crippen molar-refractivity contribution < 1.29 is 14.7 Å². The van der Waals surface area contributed by atoms with Gasteiger partial charge in [-0.1, -0.05) is 24.3 Å². The van der Waals surface area contributed by atoms with Crippen molar-refractivity contribution in [1.82, 2.24) is 9.80 Å². The summed E-state index contributed by atoms with van der Waals surface area (Å²) < 4.78 is 0. The summed E-state index contributed by atoms with van der Waals surface area (Å²) in [6.07, 6.45) is 1.84. The molecular formula is C16H22N2O3. The average molecular weight is 290 g/mol. The minimum atomic E-state index is -1.22. The highest BCUT2D eigenvalue weighted by atomic mass is 16.4. The SMILES string of the molecule is CN(C(=O)N1CCCc2ccccc2C1)C(C)(C)C(=O)O. The first-order chi connectivity index (χ1) is 9.84. The number of rotatable bonds is 2. The third kappa shape index (κ3) is 3.01. The summed E-state index contributed by atoms with van der Waals surface area (Å²) in [6.45, 7) is 4.26. The monoisotopic (exact) mass is 290 g/mol. The van der Waals surface area contributed by atoms with Crippen LogP contribution in [-0.2, 0) is 17.8 Å². The molecule has 5 heteroatoms. The summed E-state index contributed by atoms with van der Waals surface area (Å²) in [6, 6.07) is 7.87. The Hall–Kier alpha value is -2.04. The van der Waals surface area contributed by atoms with Gasteiger partial charge in [0, 0.05) is 20.1 Å². The molecule has 0 aromatic heterocycles. The van der Waals surface area contributed by atoms with E-state index in [9.17, 15) is 14.7 Å². The molecule has 1 aromatic rings. The van der Waals surface area contributed by atoms with Gasteiger partial charge in [0.1, 0.15) is 5.54 Å². The Morgan fingerprint density at radius 1 is 1.24 bits per heavy atom. The van der Waals surface area contributed by atoms with Gasteiger partial charge in [0.05, 0.1) is 0 Å². The molecular weight excluding hydrogens is 268 g/mol. The molecule has 2 amide bonds. The molecule has 21 heavy (non-hydrogen) atoms. The van der Waals surface area contributed by atoms with Crippen LogP contribution in [0.25, 0.3) is 0 Å². The van der Waals surface area contributed by atoms with E-state index in [2.05, 4.69) is 6.07 Å². The number of benzene rings is 1. The standard InChI is InChI=1S/C16H22N2O3/c1-16(2,14(19)20)17(3)15(21)18-10-6-9-12-7-4-5-8-13(12)11-18/h4-5,7-8H,6,9-11H2,1-3H3,(H,19,20). The maximum Gasteiger partial charge on any atom is 0.329 e. The first kappa shape index (κ1) is 15.4. The molecule has 1 aliphatic rings. The quantitative estimate of drug-likeness (QED) is 0.909.